The number of nitrogens with one attached hydrogen (secondary N) is 1. The second-order valence-electron chi connectivity index (χ2n) is 10.7. The summed E-state index contributed by atoms with van der Waals surface area (Å²) in [5.41, 5.74) is 8.74. The summed E-state index contributed by atoms with van der Waals surface area (Å²) in [5.74, 6) is -2.56. The van der Waals surface area contributed by atoms with Crippen LogP contribution < -0.4 is 15.8 Å². The number of ether oxygens (including phenoxy) is 2. The van der Waals surface area contributed by atoms with Gasteiger partial charge in [0.15, 0.2) is 5.92 Å². The van der Waals surface area contributed by atoms with Crippen molar-refractivity contribution in [2.24, 2.45) is 5.73 Å². The number of esters is 1. The fraction of sp³-hybridized carbons (Fsp3) is 0.132. The van der Waals surface area contributed by atoms with Crippen molar-refractivity contribution < 1.29 is 19.1 Å². The summed E-state index contributed by atoms with van der Waals surface area (Å²) in [4.78, 5) is 28.5. The summed E-state index contributed by atoms with van der Waals surface area (Å²) < 4.78 is 11.0. The van der Waals surface area contributed by atoms with Crippen LogP contribution in [0.1, 0.15) is 39.7 Å². The fourth-order valence-electron chi connectivity index (χ4n) is 5.62. The van der Waals surface area contributed by atoms with Crippen molar-refractivity contribution in [3.05, 3.63) is 172 Å². The van der Waals surface area contributed by atoms with Gasteiger partial charge in [-0.1, -0.05) is 139 Å². The van der Waals surface area contributed by atoms with E-state index in [1.165, 1.54) is 0 Å². The molecule has 0 aliphatic heterocycles. The second-order valence-corrected chi connectivity index (χ2v) is 11.6. The number of hydrogen-bond donors (Lipinski definition) is 2. The summed E-state index contributed by atoms with van der Waals surface area (Å²) in [6.45, 7) is -0.0340. The molecule has 0 spiro atoms. The Morgan fingerprint density at radius 3 is 1.74 bits per heavy atom. The molecule has 0 radical (unpaired) electrons. The Morgan fingerprint density at radius 1 is 0.761 bits per heavy atom. The van der Waals surface area contributed by atoms with Gasteiger partial charge >= 0.3 is 5.97 Å². The van der Waals surface area contributed by atoms with Crippen molar-refractivity contribution in [1.82, 2.24) is 5.32 Å². The molecule has 0 aromatic heterocycles. The highest BCUT2D eigenvalue weighted by atomic mass is 35.5. The molecule has 0 fully saturated rings. The van der Waals surface area contributed by atoms with Crippen LogP contribution in [0.25, 0.3) is 0 Å². The molecule has 2 unspecified atom stereocenters. The molecule has 5 rings (SSSR count). The number of rotatable bonds is 12. The van der Waals surface area contributed by atoms with Crippen molar-refractivity contribution in [3.63, 3.8) is 0 Å². The van der Waals surface area contributed by atoms with Crippen molar-refractivity contribution in [2.45, 2.75) is 24.0 Å². The van der Waals surface area contributed by atoms with E-state index in [9.17, 15) is 9.59 Å². The van der Waals surface area contributed by atoms with Crippen molar-refractivity contribution in [3.8, 4) is 5.75 Å². The molecular formula is C38H33ClN2O4S. The topological polar surface area (TPSA) is 90.6 Å². The first-order valence-electron chi connectivity index (χ1n) is 14.7. The van der Waals surface area contributed by atoms with Crippen LogP contribution in [0.15, 0.2) is 140 Å². The Labute approximate surface area is 279 Å². The van der Waals surface area contributed by atoms with Gasteiger partial charge in [0.1, 0.15) is 22.9 Å². The summed E-state index contributed by atoms with van der Waals surface area (Å²) in [6, 6.07) is 42.3. The number of halogens is 1. The highest BCUT2D eigenvalue weighted by Gasteiger charge is 2.48. The molecule has 0 aliphatic carbocycles. The Hall–Kier alpha value is -4.98. The van der Waals surface area contributed by atoms with Gasteiger partial charge < -0.3 is 20.5 Å². The number of methoxy groups -OCH3 is 1. The van der Waals surface area contributed by atoms with E-state index in [0.29, 0.717) is 21.9 Å². The lowest BCUT2D eigenvalue weighted by atomic mass is 9.70. The SMILES string of the molecule is COc1ccc(COC(=O)C(C(=O)NC(C(N)=S)(c2ccc(Cl)cc2)C(c2ccccc2)c2ccccc2)c2ccccc2)cc1. The summed E-state index contributed by atoms with van der Waals surface area (Å²) >= 11 is 12.2. The first-order valence-corrected chi connectivity index (χ1v) is 15.4. The molecule has 232 valence electrons. The monoisotopic (exact) mass is 648 g/mol. The second kappa shape index (κ2) is 14.9. The lowest BCUT2D eigenvalue weighted by Crippen LogP contribution is -2.59. The van der Waals surface area contributed by atoms with Crippen molar-refractivity contribution in [1.29, 1.82) is 0 Å². The van der Waals surface area contributed by atoms with Gasteiger partial charge in [0.2, 0.25) is 5.91 Å². The minimum Gasteiger partial charge on any atom is -0.497 e. The van der Waals surface area contributed by atoms with Crippen LogP contribution in [0.2, 0.25) is 5.02 Å². The molecule has 0 saturated heterocycles. The number of nitrogens with two attached hydrogens (primary N) is 1. The summed E-state index contributed by atoms with van der Waals surface area (Å²) in [5, 5.41) is 3.70. The van der Waals surface area contributed by atoms with Gasteiger partial charge in [-0.05, 0) is 52.1 Å². The van der Waals surface area contributed by atoms with E-state index < -0.39 is 29.3 Å². The predicted octanol–water partition coefficient (Wildman–Crippen LogP) is 7.31. The third-order valence-electron chi connectivity index (χ3n) is 7.88. The zero-order valence-corrected chi connectivity index (χ0v) is 26.7. The van der Waals surface area contributed by atoms with Crippen LogP contribution in [0.5, 0.6) is 5.75 Å². The van der Waals surface area contributed by atoms with E-state index >= 15 is 0 Å². The van der Waals surface area contributed by atoms with Gasteiger partial charge in [0, 0.05) is 10.9 Å². The van der Waals surface area contributed by atoms with E-state index in [2.05, 4.69) is 5.32 Å². The molecule has 5 aromatic rings. The fourth-order valence-corrected chi connectivity index (χ4v) is 6.03. The average molecular weight is 649 g/mol. The van der Waals surface area contributed by atoms with E-state index in [1.807, 2.05) is 66.7 Å². The smallest absolute Gasteiger partial charge is 0.323 e. The summed E-state index contributed by atoms with van der Waals surface area (Å²) in [6.07, 6.45) is 0. The molecule has 0 saturated carbocycles. The van der Waals surface area contributed by atoms with Gasteiger partial charge in [-0.25, -0.2) is 0 Å². The van der Waals surface area contributed by atoms with E-state index in [1.54, 1.807) is 79.9 Å². The van der Waals surface area contributed by atoms with Gasteiger partial charge in [-0.15, -0.1) is 0 Å². The van der Waals surface area contributed by atoms with Gasteiger partial charge in [0.05, 0.1) is 7.11 Å². The Morgan fingerprint density at radius 2 is 1.26 bits per heavy atom. The highest BCUT2D eigenvalue weighted by Crippen LogP contribution is 2.43. The molecule has 46 heavy (non-hydrogen) atoms. The van der Waals surface area contributed by atoms with E-state index in [4.69, 9.17) is 39.0 Å². The molecule has 2 atom stereocenters. The number of carbonyl (C=O) groups excluding carboxylic acids is 2. The minimum absolute atomic E-state index is 0.0132. The lowest BCUT2D eigenvalue weighted by Gasteiger charge is -2.42. The van der Waals surface area contributed by atoms with E-state index in [0.717, 1.165) is 16.7 Å². The highest BCUT2D eigenvalue weighted by molar-refractivity contribution is 7.80. The molecule has 0 bridgehead atoms. The van der Waals surface area contributed by atoms with Crippen LogP contribution in [-0.2, 0) is 26.5 Å². The number of benzene rings is 5. The molecule has 8 heteroatoms. The molecule has 5 aromatic carbocycles. The maximum Gasteiger partial charge on any atom is 0.323 e. The zero-order valence-electron chi connectivity index (χ0n) is 25.1. The third-order valence-corrected chi connectivity index (χ3v) is 8.45. The van der Waals surface area contributed by atoms with Crippen molar-refractivity contribution >= 4 is 40.7 Å². The van der Waals surface area contributed by atoms with Gasteiger partial charge in [0.25, 0.3) is 0 Å². The Kier molecular flexibility index (Phi) is 10.5. The standard InChI is InChI=1S/C38H33ClN2O4S/c1-44-32-23-17-26(18-24-32)25-45-36(43)33(27-11-5-2-6-12-27)35(42)41-38(37(40)46,30-19-21-31(39)22-20-30)34(28-13-7-3-8-14-28)29-15-9-4-10-16-29/h2-24,33-34H,25H2,1H3,(H2,40,46)(H,41,42). The van der Waals surface area contributed by atoms with Crippen LogP contribution >= 0.6 is 23.8 Å². The normalized spacial score (nSPS) is 12.8. The Balaban J connectivity index is 1.61. The first kappa shape index (κ1) is 32.4. The number of hydrogen-bond acceptors (Lipinski definition) is 5. The maximum absolute atomic E-state index is 14.6. The van der Waals surface area contributed by atoms with E-state index in [-0.39, 0.29) is 11.6 Å². The predicted molar refractivity (Wildman–Crippen MR) is 185 cm³/mol. The number of thiocarbonyl (C=S) groups is 1. The Bertz CT molecular complexity index is 1730. The van der Waals surface area contributed by atoms with Crippen LogP contribution in [0.3, 0.4) is 0 Å². The van der Waals surface area contributed by atoms with Gasteiger partial charge in [-0.3, -0.25) is 9.59 Å². The number of carbonyl (C=O) groups is 2. The molecular weight excluding hydrogens is 616 g/mol. The summed E-state index contributed by atoms with van der Waals surface area (Å²) in [7, 11) is 1.58. The van der Waals surface area contributed by atoms with Crippen LogP contribution in [-0.4, -0.2) is 24.0 Å². The molecule has 0 aliphatic rings. The molecule has 6 nitrogen and oxygen atoms in total. The first-order chi connectivity index (χ1) is 22.3. The van der Waals surface area contributed by atoms with Crippen LogP contribution in [0, 0.1) is 0 Å². The zero-order chi connectivity index (χ0) is 32.5. The largest absolute Gasteiger partial charge is 0.497 e. The molecule has 3 N–H and O–H groups in total. The third kappa shape index (κ3) is 7.12. The van der Waals surface area contributed by atoms with Crippen molar-refractivity contribution in [2.75, 3.05) is 7.11 Å². The minimum atomic E-state index is -1.48. The maximum atomic E-state index is 14.6. The lowest BCUT2D eigenvalue weighted by molar-refractivity contribution is -0.150. The number of amides is 1. The molecule has 0 heterocycles. The molecule has 1 amide bonds. The quantitative estimate of drug-likeness (QED) is 0.0838. The van der Waals surface area contributed by atoms with Gasteiger partial charge in [-0.2, -0.15) is 0 Å². The van der Waals surface area contributed by atoms with Crippen LogP contribution in [0.4, 0.5) is 0 Å². The average Bonchev–Trinajstić information content (AvgIpc) is 3.09.